The Balaban J connectivity index is 2.20. The van der Waals surface area contributed by atoms with Gasteiger partial charge in [0.25, 0.3) is 0 Å². The zero-order valence-electron chi connectivity index (χ0n) is 11.5. The summed E-state index contributed by atoms with van der Waals surface area (Å²) in [4.78, 5) is 4.42. The van der Waals surface area contributed by atoms with Gasteiger partial charge in [0.1, 0.15) is 17.0 Å². The fourth-order valence-corrected chi connectivity index (χ4v) is 2.33. The Morgan fingerprint density at radius 3 is 2.35 bits per heavy atom. The summed E-state index contributed by atoms with van der Waals surface area (Å²) in [5, 5.41) is 1.08. The Bertz CT molecular complexity index is 736. The van der Waals surface area contributed by atoms with Crippen molar-refractivity contribution in [1.29, 1.82) is 0 Å². The maximum absolute atomic E-state index is 5.37. The highest BCUT2D eigenvalue weighted by Crippen LogP contribution is 2.33. The van der Waals surface area contributed by atoms with Crippen molar-refractivity contribution in [2.75, 3.05) is 14.2 Å². The molecule has 0 unspecified atom stereocenters. The van der Waals surface area contributed by atoms with E-state index in [0.29, 0.717) is 0 Å². The zero-order chi connectivity index (χ0) is 13.9. The number of hydrogen-bond donors (Lipinski definition) is 0. The molecular formula is C17H15NO2. The van der Waals surface area contributed by atoms with E-state index in [9.17, 15) is 0 Å². The van der Waals surface area contributed by atoms with Crippen LogP contribution in [0.15, 0.2) is 54.7 Å². The highest BCUT2D eigenvalue weighted by atomic mass is 16.5. The minimum atomic E-state index is 0.790. The predicted molar refractivity (Wildman–Crippen MR) is 80.3 cm³/mol. The molecule has 0 aliphatic rings. The van der Waals surface area contributed by atoms with Crippen LogP contribution in [0.3, 0.4) is 0 Å². The van der Waals surface area contributed by atoms with Gasteiger partial charge < -0.3 is 9.47 Å². The standard InChI is InChI=1S/C17H15NO2/c1-19-13-7-5-12(6-8-13)14-9-10-16(20-2)17-15(14)4-3-11-18-17/h3-11H,1-2H3. The molecule has 0 atom stereocenters. The third-order valence-corrected chi connectivity index (χ3v) is 3.35. The molecule has 1 heterocycles. The van der Waals surface area contributed by atoms with Crippen molar-refractivity contribution in [2.24, 2.45) is 0 Å². The molecule has 3 rings (SSSR count). The summed E-state index contributed by atoms with van der Waals surface area (Å²) < 4.78 is 10.6. The molecule has 0 spiro atoms. The van der Waals surface area contributed by atoms with Crippen LogP contribution in [0.25, 0.3) is 22.0 Å². The lowest BCUT2D eigenvalue weighted by Crippen LogP contribution is -1.90. The number of rotatable bonds is 3. The van der Waals surface area contributed by atoms with E-state index >= 15 is 0 Å². The number of aromatic nitrogens is 1. The molecule has 3 heteroatoms. The smallest absolute Gasteiger partial charge is 0.145 e. The SMILES string of the molecule is COc1ccc(-c2ccc(OC)c3ncccc23)cc1. The van der Waals surface area contributed by atoms with Crippen molar-refractivity contribution >= 4 is 10.9 Å². The monoisotopic (exact) mass is 265 g/mol. The van der Waals surface area contributed by atoms with Gasteiger partial charge >= 0.3 is 0 Å². The molecule has 0 saturated carbocycles. The lowest BCUT2D eigenvalue weighted by Gasteiger charge is -2.10. The van der Waals surface area contributed by atoms with Gasteiger partial charge in [0.05, 0.1) is 14.2 Å². The summed E-state index contributed by atoms with van der Waals surface area (Å²) in [7, 11) is 3.33. The summed E-state index contributed by atoms with van der Waals surface area (Å²) in [6.07, 6.45) is 1.78. The molecule has 2 aromatic carbocycles. The van der Waals surface area contributed by atoms with Crippen molar-refractivity contribution in [3.8, 4) is 22.6 Å². The molecule has 100 valence electrons. The quantitative estimate of drug-likeness (QED) is 0.719. The van der Waals surface area contributed by atoms with Gasteiger partial charge in [-0.3, -0.25) is 4.98 Å². The number of fused-ring (bicyclic) bond motifs is 1. The number of hydrogen-bond acceptors (Lipinski definition) is 3. The van der Waals surface area contributed by atoms with E-state index in [1.165, 1.54) is 0 Å². The molecule has 0 radical (unpaired) electrons. The average Bonchev–Trinajstić information content (AvgIpc) is 2.54. The van der Waals surface area contributed by atoms with Crippen LogP contribution in [-0.4, -0.2) is 19.2 Å². The summed E-state index contributed by atoms with van der Waals surface area (Å²) >= 11 is 0. The molecule has 20 heavy (non-hydrogen) atoms. The summed E-state index contributed by atoms with van der Waals surface area (Å²) in [6.45, 7) is 0. The van der Waals surface area contributed by atoms with Gasteiger partial charge in [-0.05, 0) is 41.5 Å². The zero-order valence-corrected chi connectivity index (χ0v) is 11.5. The Morgan fingerprint density at radius 2 is 1.65 bits per heavy atom. The first-order valence-electron chi connectivity index (χ1n) is 6.39. The Morgan fingerprint density at radius 1 is 0.850 bits per heavy atom. The predicted octanol–water partition coefficient (Wildman–Crippen LogP) is 3.92. The lowest BCUT2D eigenvalue weighted by molar-refractivity contribution is 0.415. The molecule has 0 aliphatic carbocycles. The normalized spacial score (nSPS) is 10.5. The molecule has 0 amide bonds. The molecule has 0 saturated heterocycles. The van der Waals surface area contributed by atoms with Crippen LogP contribution in [-0.2, 0) is 0 Å². The third kappa shape index (κ3) is 2.07. The number of benzene rings is 2. The number of methoxy groups -OCH3 is 2. The van der Waals surface area contributed by atoms with E-state index in [2.05, 4.69) is 17.1 Å². The summed E-state index contributed by atoms with van der Waals surface area (Å²) in [5.74, 6) is 1.64. The van der Waals surface area contributed by atoms with Crippen LogP contribution < -0.4 is 9.47 Å². The highest BCUT2D eigenvalue weighted by Gasteiger charge is 2.08. The molecule has 0 fully saturated rings. The fourth-order valence-electron chi connectivity index (χ4n) is 2.33. The second-order valence-electron chi connectivity index (χ2n) is 4.44. The van der Waals surface area contributed by atoms with Gasteiger partial charge in [-0.2, -0.15) is 0 Å². The Labute approximate surface area is 117 Å². The van der Waals surface area contributed by atoms with Gasteiger partial charge in [-0.25, -0.2) is 0 Å². The molecule has 3 aromatic rings. The molecule has 0 bridgehead atoms. The van der Waals surface area contributed by atoms with Crippen LogP contribution in [0.1, 0.15) is 0 Å². The van der Waals surface area contributed by atoms with Crippen molar-refractivity contribution < 1.29 is 9.47 Å². The lowest BCUT2D eigenvalue weighted by atomic mass is 10.00. The van der Waals surface area contributed by atoms with Crippen molar-refractivity contribution in [2.45, 2.75) is 0 Å². The highest BCUT2D eigenvalue weighted by molar-refractivity contribution is 5.97. The van der Waals surface area contributed by atoms with Crippen LogP contribution in [0.4, 0.5) is 0 Å². The van der Waals surface area contributed by atoms with E-state index in [-0.39, 0.29) is 0 Å². The second kappa shape index (κ2) is 5.21. The Kier molecular flexibility index (Phi) is 3.25. The molecule has 3 nitrogen and oxygen atoms in total. The first kappa shape index (κ1) is 12.5. The Hall–Kier alpha value is -2.55. The van der Waals surface area contributed by atoms with Crippen LogP contribution in [0.5, 0.6) is 11.5 Å². The van der Waals surface area contributed by atoms with Crippen LogP contribution in [0, 0.1) is 0 Å². The fraction of sp³-hybridized carbons (Fsp3) is 0.118. The maximum Gasteiger partial charge on any atom is 0.145 e. The molecular weight excluding hydrogens is 250 g/mol. The van der Waals surface area contributed by atoms with Crippen molar-refractivity contribution in [1.82, 2.24) is 4.98 Å². The summed E-state index contributed by atoms with van der Waals surface area (Å²) in [5.41, 5.74) is 3.14. The van der Waals surface area contributed by atoms with Gasteiger partial charge in [0, 0.05) is 11.6 Å². The van der Waals surface area contributed by atoms with Crippen LogP contribution >= 0.6 is 0 Å². The van der Waals surface area contributed by atoms with Gasteiger partial charge in [-0.15, -0.1) is 0 Å². The maximum atomic E-state index is 5.37. The summed E-state index contributed by atoms with van der Waals surface area (Å²) in [6, 6.07) is 16.0. The molecule has 1 aromatic heterocycles. The van der Waals surface area contributed by atoms with Gasteiger partial charge in [0.2, 0.25) is 0 Å². The molecule has 0 N–H and O–H groups in total. The van der Waals surface area contributed by atoms with Crippen molar-refractivity contribution in [3.63, 3.8) is 0 Å². The van der Waals surface area contributed by atoms with Gasteiger partial charge in [0.15, 0.2) is 0 Å². The topological polar surface area (TPSA) is 31.4 Å². The first-order chi connectivity index (χ1) is 9.83. The second-order valence-corrected chi connectivity index (χ2v) is 4.44. The first-order valence-corrected chi connectivity index (χ1v) is 6.39. The number of nitrogens with zero attached hydrogens (tertiary/aromatic N) is 1. The van der Waals surface area contributed by atoms with E-state index in [4.69, 9.17) is 9.47 Å². The molecule has 0 aliphatic heterocycles. The average molecular weight is 265 g/mol. The van der Waals surface area contributed by atoms with E-state index < -0.39 is 0 Å². The van der Waals surface area contributed by atoms with E-state index in [0.717, 1.165) is 33.5 Å². The van der Waals surface area contributed by atoms with Crippen molar-refractivity contribution in [3.05, 3.63) is 54.7 Å². The largest absolute Gasteiger partial charge is 0.497 e. The van der Waals surface area contributed by atoms with Crippen LogP contribution in [0.2, 0.25) is 0 Å². The number of ether oxygens (including phenoxy) is 2. The third-order valence-electron chi connectivity index (χ3n) is 3.35. The van der Waals surface area contributed by atoms with E-state index in [1.807, 2.05) is 36.4 Å². The number of pyridine rings is 1. The minimum absolute atomic E-state index is 0.790. The van der Waals surface area contributed by atoms with E-state index in [1.54, 1.807) is 20.4 Å². The minimum Gasteiger partial charge on any atom is -0.497 e. The van der Waals surface area contributed by atoms with Gasteiger partial charge in [-0.1, -0.05) is 18.2 Å².